The van der Waals surface area contributed by atoms with Gasteiger partial charge in [-0.05, 0) is 24.1 Å². The molecule has 0 N–H and O–H groups in total. The molecule has 3 aromatic rings. The zero-order chi connectivity index (χ0) is 13.2. The van der Waals surface area contributed by atoms with E-state index in [1.807, 2.05) is 12.1 Å². The predicted octanol–water partition coefficient (Wildman–Crippen LogP) is 1.05. The Morgan fingerprint density at radius 2 is 1.85 bits per heavy atom. The lowest BCUT2D eigenvalue weighted by molar-refractivity contribution is -0.674. The highest BCUT2D eigenvalue weighted by Gasteiger charge is 2.18. The van der Waals surface area contributed by atoms with E-state index in [1.54, 1.807) is 6.08 Å². The predicted molar refractivity (Wildman–Crippen MR) is 77.6 cm³/mol. The first kappa shape index (κ1) is 14.8. The van der Waals surface area contributed by atoms with Crippen LogP contribution in [0.2, 0.25) is 0 Å². The van der Waals surface area contributed by atoms with Crippen molar-refractivity contribution in [2.75, 3.05) is 0 Å². The molecule has 0 saturated carbocycles. The van der Waals surface area contributed by atoms with Gasteiger partial charge in [-0.25, -0.2) is 0 Å². The Hall–Kier alpha value is -1.62. The molecule has 0 unspecified atom stereocenters. The van der Waals surface area contributed by atoms with Crippen LogP contribution in [0.15, 0.2) is 59.5 Å². The van der Waals surface area contributed by atoms with Crippen molar-refractivity contribution in [3.05, 3.63) is 61.0 Å². The summed E-state index contributed by atoms with van der Waals surface area (Å²) >= 11 is 0. The van der Waals surface area contributed by atoms with Crippen molar-refractivity contribution in [1.29, 1.82) is 0 Å². The number of oxazole rings is 1. The summed E-state index contributed by atoms with van der Waals surface area (Å²) < 4.78 is 7.91. The maximum absolute atomic E-state index is 5.77. The molecule has 102 valence electrons. The van der Waals surface area contributed by atoms with Crippen LogP contribution < -0.4 is 28.5 Å². The summed E-state index contributed by atoms with van der Waals surface area (Å²) in [6.45, 7) is 6.78. The molecule has 3 heteroatoms. The number of rotatable bonds is 3. The Bertz CT molecular complexity index is 731. The van der Waals surface area contributed by atoms with Gasteiger partial charge in [0.05, 0.1) is 0 Å². The Morgan fingerprint density at radius 1 is 1.10 bits per heavy atom. The van der Waals surface area contributed by atoms with Crippen LogP contribution in [0.3, 0.4) is 0 Å². The Labute approximate surface area is 135 Å². The van der Waals surface area contributed by atoms with Crippen LogP contribution in [-0.4, -0.2) is 0 Å². The number of hydrogen-bond acceptors (Lipinski definition) is 1. The Balaban J connectivity index is 0.00000147. The molecule has 0 bridgehead atoms. The van der Waals surface area contributed by atoms with Gasteiger partial charge in [0.2, 0.25) is 5.58 Å². The van der Waals surface area contributed by atoms with Crippen LogP contribution in [0.25, 0.3) is 28.3 Å². The van der Waals surface area contributed by atoms with E-state index in [4.69, 9.17) is 4.42 Å². The minimum absolute atomic E-state index is 0. The highest BCUT2D eigenvalue weighted by molar-refractivity contribution is 5.78. The molecule has 0 amide bonds. The minimum Gasteiger partial charge on any atom is -1.00 e. The van der Waals surface area contributed by atoms with E-state index in [9.17, 15) is 0 Å². The molecule has 2 aromatic carbocycles. The SMILES string of the molecule is C=Cc1oc2ccc(-c3ccccc3)cc2[n+]1CC.[I-]. The van der Waals surface area contributed by atoms with E-state index in [0.29, 0.717) is 0 Å². The van der Waals surface area contributed by atoms with Crippen molar-refractivity contribution in [3.8, 4) is 11.1 Å². The number of fused-ring (bicyclic) bond motifs is 1. The van der Waals surface area contributed by atoms with E-state index in [1.165, 1.54) is 11.1 Å². The molecule has 1 heterocycles. The first-order chi connectivity index (χ1) is 9.33. The molecule has 0 aliphatic rings. The second kappa shape index (κ2) is 6.22. The van der Waals surface area contributed by atoms with Gasteiger partial charge >= 0.3 is 5.89 Å². The standard InChI is InChI=1S/C17H16NO.HI/c1-3-17-18(4-2)15-12-14(10-11-16(15)19-17)13-8-6-5-7-9-13;/h3,5-12H,1,4H2,2H3;1H/q+1;/p-1. The Kier molecular flexibility index (Phi) is 4.60. The largest absolute Gasteiger partial charge is 1.00 e. The van der Waals surface area contributed by atoms with Crippen LogP contribution in [0.5, 0.6) is 0 Å². The van der Waals surface area contributed by atoms with Gasteiger partial charge in [-0.2, -0.15) is 4.57 Å². The van der Waals surface area contributed by atoms with Crippen molar-refractivity contribution in [3.63, 3.8) is 0 Å². The molecule has 2 nitrogen and oxygen atoms in total. The quantitative estimate of drug-likeness (QED) is 0.493. The molecule has 0 radical (unpaired) electrons. The summed E-state index contributed by atoms with van der Waals surface area (Å²) in [5, 5.41) is 0. The highest BCUT2D eigenvalue weighted by atomic mass is 127. The number of hydrogen-bond donors (Lipinski definition) is 0. The van der Waals surface area contributed by atoms with Crippen LogP contribution in [0.4, 0.5) is 0 Å². The van der Waals surface area contributed by atoms with E-state index >= 15 is 0 Å². The maximum Gasteiger partial charge on any atom is 0.373 e. The van der Waals surface area contributed by atoms with Gasteiger partial charge in [0.1, 0.15) is 6.54 Å². The molecule has 0 fully saturated rings. The number of halogens is 1. The van der Waals surface area contributed by atoms with Crippen molar-refractivity contribution < 1.29 is 33.0 Å². The summed E-state index contributed by atoms with van der Waals surface area (Å²) in [4.78, 5) is 0. The first-order valence-electron chi connectivity index (χ1n) is 6.47. The average Bonchev–Trinajstić information content (AvgIpc) is 2.84. The highest BCUT2D eigenvalue weighted by Crippen LogP contribution is 2.24. The number of benzene rings is 2. The van der Waals surface area contributed by atoms with E-state index < -0.39 is 0 Å². The van der Waals surface area contributed by atoms with Gasteiger partial charge in [0.25, 0.3) is 5.52 Å². The fourth-order valence-electron chi connectivity index (χ4n) is 2.39. The van der Waals surface area contributed by atoms with Crippen LogP contribution in [0.1, 0.15) is 12.8 Å². The van der Waals surface area contributed by atoms with Gasteiger partial charge in [0, 0.05) is 12.1 Å². The van der Waals surface area contributed by atoms with Gasteiger partial charge in [-0.1, -0.05) is 43.0 Å². The fourth-order valence-corrected chi connectivity index (χ4v) is 2.39. The van der Waals surface area contributed by atoms with E-state index in [-0.39, 0.29) is 24.0 Å². The molecule has 3 rings (SSSR count). The summed E-state index contributed by atoms with van der Waals surface area (Å²) in [5.41, 5.74) is 4.43. The Morgan fingerprint density at radius 3 is 2.50 bits per heavy atom. The third-order valence-corrected chi connectivity index (χ3v) is 3.33. The second-order valence-corrected chi connectivity index (χ2v) is 4.44. The normalized spacial score (nSPS) is 10.2. The lowest BCUT2D eigenvalue weighted by atomic mass is 10.1. The second-order valence-electron chi connectivity index (χ2n) is 4.44. The molecule has 0 spiro atoms. The summed E-state index contributed by atoms with van der Waals surface area (Å²) in [7, 11) is 0. The zero-order valence-electron chi connectivity index (χ0n) is 11.3. The molecule has 0 aliphatic heterocycles. The third kappa shape index (κ3) is 2.50. The number of aromatic nitrogens is 1. The number of nitrogens with zero attached hydrogens (tertiary/aromatic N) is 1. The van der Waals surface area contributed by atoms with E-state index in [2.05, 4.69) is 54.5 Å². The molecule has 0 atom stereocenters. The summed E-state index contributed by atoms with van der Waals surface area (Å²) in [6, 6.07) is 16.7. The van der Waals surface area contributed by atoms with Crippen LogP contribution >= 0.6 is 0 Å². The van der Waals surface area contributed by atoms with Gasteiger partial charge < -0.3 is 28.4 Å². The smallest absolute Gasteiger partial charge is 0.373 e. The summed E-state index contributed by atoms with van der Waals surface area (Å²) in [6.07, 6.45) is 1.76. The number of aryl methyl sites for hydroxylation is 1. The molecular weight excluding hydrogens is 361 g/mol. The van der Waals surface area contributed by atoms with Crippen molar-refractivity contribution in [2.24, 2.45) is 0 Å². The molecule has 0 aliphatic carbocycles. The van der Waals surface area contributed by atoms with Crippen LogP contribution in [-0.2, 0) is 6.54 Å². The molecular formula is C17H16INO. The van der Waals surface area contributed by atoms with Crippen LogP contribution in [0, 0.1) is 0 Å². The topological polar surface area (TPSA) is 17.0 Å². The van der Waals surface area contributed by atoms with Crippen molar-refractivity contribution in [1.82, 2.24) is 0 Å². The third-order valence-electron chi connectivity index (χ3n) is 3.33. The van der Waals surface area contributed by atoms with E-state index in [0.717, 1.165) is 23.5 Å². The average molecular weight is 377 g/mol. The lowest BCUT2D eigenvalue weighted by Crippen LogP contribution is -3.00. The van der Waals surface area contributed by atoms with Gasteiger partial charge in [0.15, 0.2) is 0 Å². The zero-order valence-corrected chi connectivity index (χ0v) is 13.5. The van der Waals surface area contributed by atoms with Crippen molar-refractivity contribution in [2.45, 2.75) is 13.5 Å². The molecule has 20 heavy (non-hydrogen) atoms. The summed E-state index contributed by atoms with van der Waals surface area (Å²) in [5.74, 6) is 0.808. The monoisotopic (exact) mass is 377 g/mol. The minimum atomic E-state index is 0. The first-order valence-corrected chi connectivity index (χ1v) is 6.47. The van der Waals surface area contributed by atoms with Gasteiger partial charge in [-0.15, -0.1) is 0 Å². The fraction of sp³-hybridized carbons (Fsp3) is 0.118. The molecule has 1 aromatic heterocycles. The molecule has 0 saturated heterocycles. The van der Waals surface area contributed by atoms with Crippen molar-refractivity contribution >= 4 is 17.2 Å². The van der Waals surface area contributed by atoms with Gasteiger partial charge in [-0.3, -0.25) is 0 Å². The lowest BCUT2D eigenvalue weighted by Gasteiger charge is -1.99. The maximum atomic E-state index is 5.77.